The molecule has 1 rings (SSSR count). The average molecular weight is 342 g/mol. The normalized spacial score (nSPS) is 13.4. The van der Waals surface area contributed by atoms with Gasteiger partial charge in [0.25, 0.3) is 0 Å². The summed E-state index contributed by atoms with van der Waals surface area (Å²) in [5.41, 5.74) is -0.493. The molecule has 0 aliphatic rings. The number of hydrogen-bond donors (Lipinski definition) is 1. The summed E-state index contributed by atoms with van der Waals surface area (Å²) in [7, 11) is 0. The molecule has 0 spiro atoms. The Labute approximate surface area is 118 Å². The first kappa shape index (κ1) is 15.7. The van der Waals surface area contributed by atoms with E-state index in [2.05, 4.69) is 21.2 Å². The van der Waals surface area contributed by atoms with Gasteiger partial charge in [0.15, 0.2) is 0 Å². The Morgan fingerprint density at radius 1 is 1.39 bits per heavy atom. The first-order chi connectivity index (χ1) is 8.34. The van der Waals surface area contributed by atoms with Crippen LogP contribution in [-0.2, 0) is 6.18 Å². The highest BCUT2D eigenvalue weighted by molar-refractivity contribution is 9.10. The van der Waals surface area contributed by atoms with Crippen LogP contribution in [0.4, 0.5) is 18.9 Å². The smallest absolute Gasteiger partial charge is 0.382 e. The van der Waals surface area contributed by atoms with E-state index in [9.17, 15) is 13.2 Å². The van der Waals surface area contributed by atoms with Crippen LogP contribution < -0.4 is 5.32 Å². The molecule has 1 unspecified atom stereocenters. The zero-order valence-corrected chi connectivity index (χ0v) is 12.5. The fraction of sp³-hybridized carbons (Fsp3) is 0.500. The van der Waals surface area contributed by atoms with Crippen molar-refractivity contribution in [2.45, 2.75) is 25.6 Å². The van der Waals surface area contributed by atoms with Crippen molar-refractivity contribution in [2.75, 3.05) is 17.3 Å². The van der Waals surface area contributed by atoms with E-state index in [0.29, 0.717) is 4.47 Å². The molecule has 0 saturated heterocycles. The summed E-state index contributed by atoms with van der Waals surface area (Å²) in [4.78, 5) is 0. The Bertz CT molecular complexity index is 395. The number of rotatable bonds is 5. The molecule has 102 valence electrons. The minimum atomic E-state index is -4.34. The Hall–Kier alpha value is -0.360. The Balaban J connectivity index is 2.88. The number of nitrogens with one attached hydrogen (secondary N) is 1. The highest BCUT2D eigenvalue weighted by Crippen LogP contribution is 2.36. The van der Waals surface area contributed by atoms with Crippen LogP contribution in [0.3, 0.4) is 0 Å². The van der Waals surface area contributed by atoms with Gasteiger partial charge in [-0.2, -0.15) is 24.9 Å². The standard InChI is InChI=1S/C12H15BrF3NS/c1-8(5-6-18-2)17-11-4-3-9(13)7-10(11)12(14,15)16/h3-4,7-8,17H,5-6H2,1-2H3. The van der Waals surface area contributed by atoms with Crippen molar-refractivity contribution in [3.63, 3.8) is 0 Å². The Morgan fingerprint density at radius 2 is 2.06 bits per heavy atom. The monoisotopic (exact) mass is 341 g/mol. The summed E-state index contributed by atoms with van der Waals surface area (Å²) in [6, 6.07) is 4.19. The van der Waals surface area contributed by atoms with Crippen molar-refractivity contribution < 1.29 is 13.2 Å². The molecular formula is C12H15BrF3NS. The summed E-state index contributed by atoms with van der Waals surface area (Å²) < 4.78 is 39.0. The summed E-state index contributed by atoms with van der Waals surface area (Å²) in [6.45, 7) is 1.89. The highest BCUT2D eigenvalue weighted by atomic mass is 79.9. The molecule has 0 aromatic heterocycles. The van der Waals surface area contributed by atoms with Crippen molar-refractivity contribution in [1.29, 1.82) is 0 Å². The quantitative estimate of drug-likeness (QED) is 0.806. The van der Waals surface area contributed by atoms with Gasteiger partial charge < -0.3 is 5.32 Å². The lowest BCUT2D eigenvalue weighted by Crippen LogP contribution is -2.19. The second-order valence-corrected chi connectivity index (χ2v) is 5.92. The van der Waals surface area contributed by atoms with Crippen molar-refractivity contribution in [3.05, 3.63) is 28.2 Å². The van der Waals surface area contributed by atoms with Gasteiger partial charge in [-0.3, -0.25) is 0 Å². The number of hydrogen-bond acceptors (Lipinski definition) is 2. The average Bonchev–Trinajstić information content (AvgIpc) is 2.27. The molecule has 1 atom stereocenters. The molecule has 0 aliphatic carbocycles. The van der Waals surface area contributed by atoms with Gasteiger partial charge in [0.2, 0.25) is 0 Å². The van der Waals surface area contributed by atoms with E-state index in [4.69, 9.17) is 0 Å². The van der Waals surface area contributed by atoms with Crippen LogP contribution in [-0.4, -0.2) is 18.1 Å². The molecule has 1 nitrogen and oxygen atoms in total. The van der Waals surface area contributed by atoms with Gasteiger partial charge in [0.1, 0.15) is 0 Å². The van der Waals surface area contributed by atoms with Crippen LogP contribution in [0.1, 0.15) is 18.9 Å². The van der Waals surface area contributed by atoms with E-state index in [-0.39, 0.29) is 11.7 Å². The molecule has 0 amide bonds. The number of thioether (sulfide) groups is 1. The van der Waals surface area contributed by atoms with Gasteiger partial charge in [-0.1, -0.05) is 15.9 Å². The van der Waals surface area contributed by atoms with Crippen molar-refractivity contribution in [3.8, 4) is 0 Å². The second-order valence-electron chi connectivity index (χ2n) is 4.01. The van der Waals surface area contributed by atoms with E-state index < -0.39 is 11.7 Å². The minimum absolute atomic E-state index is 0.0136. The molecule has 6 heteroatoms. The summed E-state index contributed by atoms with van der Waals surface area (Å²) >= 11 is 4.75. The van der Waals surface area contributed by atoms with Gasteiger partial charge in [0.05, 0.1) is 5.56 Å². The molecule has 0 fully saturated rings. The third-order valence-electron chi connectivity index (χ3n) is 2.44. The summed E-state index contributed by atoms with van der Waals surface area (Å²) in [5.74, 6) is 0.923. The first-order valence-corrected chi connectivity index (χ1v) is 7.65. The van der Waals surface area contributed by atoms with Crippen molar-refractivity contribution in [2.24, 2.45) is 0 Å². The maximum absolute atomic E-state index is 12.9. The molecule has 1 N–H and O–H groups in total. The predicted molar refractivity (Wildman–Crippen MR) is 75.2 cm³/mol. The van der Waals surface area contributed by atoms with E-state index in [1.807, 2.05) is 13.2 Å². The summed E-state index contributed by atoms with van der Waals surface area (Å²) in [6.07, 6.45) is -1.53. The largest absolute Gasteiger partial charge is 0.418 e. The molecule has 0 saturated carbocycles. The van der Waals surface area contributed by atoms with Crippen LogP contribution in [0.2, 0.25) is 0 Å². The lowest BCUT2D eigenvalue weighted by molar-refractivity contribution is -0.137. The third-order valence-corrected chi connectivity index (χ3v) is 3.58. The Kier molecular flexibility index (Phi) is 5.85. The zero-order valence-electron chi connectivity index (χ0n) is 10.1. The molecule has 18 heavy (non-hydrogen) atoms. The lowest BCUT2D eigenvalue weighted by Gasteiger charge is -2.19. The fourth-order valence-corrected chi connectivity index (χ4v) is 2.46. The van der Waals surface area contributed by atoms with E-state index >= 15 is 0 Å². The van der Waals surface area contributed by atoms with Crippen LogP contribution >= 0.6 is 27.7 Å². The fourth-order valence-electron chi connectivity index (χ4n) is 1.51. The van der Waals surface area contributed by atoms with E-state index in [0.717, 1.165) is 18.2 Å². The van der Waals surface area contributed by atoms with E-state index in [1.165, 1.54) is 6.07 Å². The second kappa shape index (κ2) is 6.70. The van der Waals surface area contributed by atoms with Crippen LogP contribution in [0.25, 0.3) is 0 Å². The molecule has 1 aromatic rings. The van der Waals surface area contributed by atoms with E-state index in [1.54, 1.807) is 17.8 Å². The SMILES string of the molecule is CSCCC(C)Nc1ccc(Br)cc1C(F)(F)F. The Morgan fingerprint density at radius 3 is 2.61 bits per heavy atom. The van der Waals surface area contributed by atoms with Crippen LogP contribution in [0.15, 0.2) is 22.7 Å². The van der Waals surface area contributed by atoms with Gasteiger partial charge >= 0.3 is 6.18 Å². The van der Waals surface area contributed by atoms with Crippen LogP contribution in [0.5, 0.6) is 0 Å². The number of benzene rings is 1. The number of alkyl halides is 3. The molecule has 0 heterocycles. The maximum Gasteiger partial charge on any atom is 0.418 e. The predicted octanol–water partition coefficient (Wildman–Crippen LogP) is 5.02. The highest BCUT2D eigenvalue weighted by Gasteiger charge is 2.33. The number of anilines is 1. The molecular weight excluding hydrogens is 327 g/mol. The zero-order chi connectivity index (χ0) is 13.8. The maximum atomic E-state index is 12.9. The molecule has 0 aliphatic heterocycles. The van der Waals surface area contributed by atoms with Crippen molar-refractivity contribution >= 4 is 33.4 Å². The van der Waals surface area contributed by atoms with Gasteiger partial charge in [-0.25, -0.2) is 0 Å². The van der Waals surface area contributed by atoms with Crippen molar-refractivity contribution in [1.82, 2.24) is 0 Å². The van der Waals surface area contributed by atoms with Gasteiger partial charge in [-0.05, 0) is 43.6 Å². The summed E-state index contributed by atoms with van der Waals surface area (Å²) in [5, 5.41) is 2.92. The topological polar surface area (TPSA) is 12.0 Å². The minimum Gasteiger partial charge on any atom is -0.382 e. The van der Waals surface area contributed by atoms with Gasteiger partial charge in [-0.15, -0.1) is 0 Å². The van der Waals surface area contributed by atoms with Crippen LogP contribution in [0, 0.1) is 0 Å². The molecule has 0 bridgehead atoms. The lowest BCUT2D eigenvalue weighted by atomic mass is 10.1. The van der Waals surface area contributed by atoms with Gasteiger partial charge in [0, 0.05) is 16.2 Å². The molecule has 1 aromatic carbocycles. The molecule has 0 radical (unpaired) electrons. The first-order valence-electron chi connectivity index (χ1n) is 5.47. The third kappa shape index (κ3) is 4.72. The number of halogens is 4.